The van der Waals surface area contributed by atoms with Crippen molar-refractivity contribution in [3.8, 4) is 0 Å². The molecular formula is C14H19NO2. The van der Waals surface area contributed by atoms with Crippen LogP contribution in [0.4, 0.5) is 0 Å². The van der Waals surface area contributed by atoms with Crippen LogP contribution in [0.25, 0.3) is 0 Å². The van der Waals surface area contributed by atoms with Crippen molar-refractivity contribution in [1.29, 1.82) is 0 Å². The first kappa shape index (κ1) is 12.1. The average Bonchev–Trinajstić information content (AvgIpc) is 3.10. The molecule has 1 fully saturated rings. The van der Waals surface area contributed by atoms with Gasteiger partial charge in [-0.3, -0.25) is 4.79 Å². The van der Waals surface area contributed by atoms with Crippen molar-refractivity contribution in [3.63, 3.8) is 0 Å². The fourth-order valence-electron chi connectivity index (χ4n) is 2.79. The Balaban J connectivity index is 2.37. The van der Waals surface area contributed by atoms with Crippen LogP contribution in [-0.4, -0.2) is 17.1 Å². The van der Waals surface area contributed by atoms with E-state index in [9.17, 15) is 4.79 Å². The van der Waals surface area contributed by atoms with E-state index >= 15 is 0 Å². The number of benzene rings is 1. The molecule has 2 rings (SSSR count). The summed E-state index contributed by atoms with van der Waals surface area (Å²) in [6, 6.07) is 9.29. The number of carbonyl (C=O) groups is 1. The standard InChI is InChI=1S/C14H19NO2/c1-13(2,11(15)12(16)17)14(8-9-14)10-6-4-3-5-7-10/h3-7,11H,8-9,15H2,1-2H3,(H,16,17). The molecule has 0 aliphatic heterocycles. The van der Waals surface area contributed by atoms with Crippen molar-refractivity contribution < 1.29 is 9.90 Å². The summed E-state index contributed by atoms with van der Waals surface area (Å²) in [7, 11) is 0. The number of nitrogens with two attached hydrogens (primary N) is 1. The molecular weight excluding hydrogens is 214 g/mol. The van der Waals surface area contributed by atoms with Crippen LogP contribution in [0.1, 0.15) is 32.3 Å². The van der Waals surface area contributed by atoms with E-state index in [0.717, 1.165) is 12.8 Å². The van der Waals surface area contributed by atoms with Gasteiger partial charge in [0.1, 0.15) is 6.04 Å². The molecule has 0 amide bonds. The van der Waals surface area contributed by atoms with Gasteiger partial charge in [-0.15, -0.1) is 0 Å². The highest BCUT2D eigenvalue weighted by Gasteiger charge is 2.58. The van der Waals surface area contributed by atoms with Crippen LogP contribution in [0.3, 0.4) is 0 Å². The van der Waals surface area contributed by atoms with Crippen molar-refractivity contribution >= 4 is 5.97 Å². The van der Waals surface area contributed by atoms with Crippen molar-refractivity contribution in [3.05, 3.63) is 35.9 Å². The molecule has 1 unspecified atom stereocenters. The summed E-state index contributed by atoms with van der Waals surface area (Å²) in [5.74, 6) is -0.919. The number of aliphatic carboxylic acids is 1. The molecule has 3 nitrogen and oxygen atoms in total. The maximum Gasteiger partial charge on any atom is 0.321 e. The maximum absolute atomic E-state index is 11.1. The Bertz CT molecular complexity index is 421. The van der Waals surface area contributed by atoms with E-state index < -0.39 is 17.4 Å². The minimum atomic E-state index is -0.919. The third-order valence-corrected chi connectivity index (χ3v) is 4.35. The van der Waals surface area contributed by atoms with Gasteiger partial charge in [-0.05, 0) is 18.4 Å². The Morgan fingerprint density at radius 3 is 2.29 bits per heavy atom. The summed E-state index contributed by atoms with van der Waals surface area (Å²) < 4.78 is 0. The van der Waals surface area contributed by atoms with Crippen LogP contribution in [0, 0.1) is 5.41 Å². The molecule has 17 heavy (non-hydrogen) atoms. The Kier molecular flexibility index (Phi) is 2.74. The molecule has 0 bridgehead atoms. The topological polar surface area (TPSA) is 63.3 Å². The van der Waals surface area contributed by atoms with E-state index in [0.29, 0.717) is 0 Å². The number of hydrogen-bond acceptors (Lipinski definition) is 2. The van der Waals surface area contributed by atoms with Crippen LogP contribution in [0.5, 0.6) is 0 Å². The normalized spacial score (nSPS) is 19.7. The van der Waals surface area contributed by atoms with Crippen LogP contribution < -0.4 is 5.73 Å². The van der Waals surface area contributed by atoms with Gasteiger partial charge in [-0.1, -0.05) is 44.2 Å². The van der Waals surface area contributed by atoms with Gasteiger partial charge in [0.2, 0.25) is 0 Å². The van der Waals surface area contributed by atoms with Gasteiger partial charge >= 0.3 is 5.97 Å². The molecule has 0 radical (unpaired) electrons. The highest BCUT2D eigenvalue weighted by atomic mass is 16.4. The van der Waals surface area contributed by atoms with E-state index in [4.69, 9.17) is 10.8 Å². The third-order valence-electron chi connectivity index (χ3n) is 4.35. The number of carboxylic acid groups (broad SMARTS) is 1. The van der Waals surface area contributed by atoms with E-state index in [1.807, 2.05) is 32.0 Å². The van der Waals surface area contributed by atoms with Crippen molar-refractivity contribution in [2.24, 2.45) is 11.1 Å². The molecule has 3 heteroatoms. The van der Waals surface area contributed by atoms with Gasteiger partial charge in [0.15, 0.2) is 0 Å². The molecule has 1 aromatic rings. The summed E-state index contributed by atoms with van der Waals surface area (Å²) in [5.41, 5.74) is 6.57. The second-order valence-electron chi connectivity index (χ2n) is 5.49. The molecule has 3 N–H and O–H groups in total. The fourth-order valence-corrected chi connectivity index (χ4v) is 2.79. The van der Waals surface area contributed by atoms with E-state index in [-0.39, 0.29) is 5.41 Å². The summed E-state index contributed by atoms with van der Waals surface area (Å²) in [4.78, 5) is 11.1. The van der Waals surface area contributed by atoms with E-state index in [1.54, 1.807) is 0 Å². The van der Waals surface area contributed by atoms with Gasteiger partial charge < -0.3 is 10.8 Å². The third kappa shape index (κ3) is 1.75. The van der Waals surface area contributed by atoms with Gasteiger partial charge in [0, 0.05) is 10.8 Å². The Morgan fingerprint density at radius 2 is 1.88 bits per heavy atom. The zero-order valence-electron chi connectivity index (χ0n) is 10.3. The average molecular weight is 233 g/mol. The van der Waals surface area contributed by atoms with Gasteiger partial charge in [-0.2, -0.15) is 0 Å². The first-order chi connectivity index (χ1) is 7.92. The van der Waals surface area contributed by atoms with Gasteiger partial charge in [0.05, 0.1) is 0 Å². The molecule has 92 valence electrons. The molecule has 0 spiro atoms. The van der Waals surface area contributed by atoms with Crippen LogP contribution >= 0.6 is 0 Å². The first-order valence-electron chi connectivity index (χ1n) is 5.96. The summed E-state index contributed by atoms with van der Waals surface area (Å²) in [6.45, 7) is 3.93. The summed E-state index contributed by atoms with van der Waals surface area (Å²) >= 11 is 0. The number of hydrogen-bond donors (Lipinski definition) is 2. The van der Waals surface area contributed by atoms with Crippen molar-refractivity contribution in [2.45, 2.75) is 38.1 Å². The Labute approximate surface area is 102 Å². The quantitative estimate of drug-likeness (QED) is 0.837. The smallest absolute Gasteiger partial charge is 0.321 e. The predicted octanol–water partition coefficient (Wildman–Crippen LogP) is 2.16. The van der Waals surface area contributed by atoms with E-state index in [2.05, 4.69) is 12.1 Å². The lowest BCUT2D eigenvalue weighted by Crippen LogP contribution is -2.50. The Hall–Kier alpha value is -1.35. The van der Waals surface area contributed by atoms with Gasteiger partial charge in [-0.25, -0.2) is 0 Å². The van der Waals surface area contributed by atoms with E-state index in [1.165, 1.54) is 5.56 Å². The molecule has 1 aliphatic carbocycles. The monoisotopic (exact) mass is 233 g/mol. The van der Waals surface area contributed by atoms with Crippen LogP contribution in [0.15, 0.2) is 30.3 Å². The van der Waals surface area contributed by atoms with Gasteiger partial charge in [0.25, 0.3) is 0 Å². The highest BCUT2D eigenvalue weighted by molar-refractivity contribution is 5.75. The summed E-state index contributed by atoms with van der Waals surface area (Å²) in [5, 5.41) is 9.13. The number of rotatable bonds is 4. The molecule has 0 saturated heterocycles. The second kappa shape index (κ2) is 3.84. The lowest BCUT2D eigenvalue weighted by molar-refractivity contribution is -0.142. The second-order valence-corrected chi connectivity index (χ2v) is 5.49. The zero-order valence-corrected chi connectivity index (χ0v) is 10.3. The molecule has 1 aliphatic rings. The fraction of sp³-hybridized carbons (Fsp3) is 0.500. The molecule has 0 heterocycles. The molecule has 1 saturated carbocycles. The van der Waals surface area contributed by atoms with Crippen molar-refractivity contribution in [2.75, 3.05) is 0 Å². The maximum atomic E-state index is 11.1. The molecule has 1 atom stereocenters. The lowest BCUT2D eigenvalue weighted by Gasteiger charge is -2.38. The van der Waals surface area contributed by atoms with Crippen LogP contribution in [0.2, 0.25) is 0 Å². The predicted molar refractivity (Wildman–Crippen MR) is 66.7 cm³/mol. The number of carboxylic acids is 1. The minimum absolute atomic E-state index is 0.0634. The lowest BCUT2D eigenvalue weighted by atomic mass is 9.67. The van der Waals surface area contributed by atoms with Crippen LogP contribution in [-0.2, 0) is 10.2 Å². The minimum Gasteiger partial charge on any atom is -0.480 e. The largest absolute Gasteiger partial charge is 0.480 e. The summed E-state index contributed by atoms with van der Waals surface area (Å²) in [6.07, 6.45) is 2.04. The SMILES string of the molecule is CC(C)(C(N)C(=O)O)C1(c2ccccc2)CC1. The molecule has 0 aromatic heterocycles. The van der Waals surface area contributed by atoms with Crippen molar-refractivity contribution in [1.82, 2.24) is 0 Å². The molecule has 1 aromatic carbocycles. The zero-order chi connectivity index (χ0) is 12.7. The Morgan fingerprint density at radius 1 is 1.35 bits per heavy atom. The first-order valence-corrected chi connectivity index (χ1v) is 5.96. The highest BCUT2D eigenvalue weighted by Crippen LogP contribution is 2.60.